The number of unbranched alkanes of at least 4 members (excludes halogenated alkanes) is 24. The second-order valence-electron chi connectivity index (χ2n) is 19.0. The van der Waals surface area contributed by atoms with Crippen molar-refractivity contribution in [1.29, 1.82) is 0 Å². The van der Waals surface area contributed by atoms with E-state index in [9.17, 15) is 23.8 Å². The fraction of sp³-hybridized carbons (Fsp3) is 0.865. The van der Waals surface area contributed by atoms with Crippen molar-refractivity contribution < 1.29 is 51.6 Å². The van der Waals surface area contributed by atoms with Gasteiger partial charge in [0.15, 0.2) is 12.2 Å². The SMILES string of the molecule is CCCCCCCCC=CCCCCCCCC(=O)OC[C@H](COP(=O)(O)OC(C[N+](C)(C)C)C(C)OC(=O)CCCCC)OC(=O)CCCCCCCC=CCCCCCCCC. The van der Waals surface area contributed by atoms with E-state index in [2.05, 4.69) is 38.2 Å². The van der Waals surface area contributed by atoms with Crippen LogP contribution >= 0.6 is 7.82 Å². The molecule has 0 aliphatic carbocycles. The van der Waals surface area contributed by atoms with Crippen molar-refractivity contribution in [2.75, 3.05) is 40.9 Å². The predicted octanol–water partition coefficient (Wildman–Crippen LogP) is 14.2. The summed E-state index contributed by atoms with van der Waals surface area (Å²) in [6.07, 6.45) is 39.5. The van der Waals surface area contributed by atoms with Crippen LogP contribution in [-0.4, -0.2) is 86.5 Å². The Bertz CT molecular complexity index is 1240. The topological polar surface area (TPSA) is 135 Å². The van der Waals surface area contributed by atoms with Crippen LogP contribution < -0.4 is 0 Å². The van der Waals surface area contributed by atoms with Gasteiger partial charge in [-0.1, -0.05) is 161 Å². The smallest absolute Gasteiger partial charge is 0.462 e. The van der Waals surface area contributed by atoms with E-state index in [1.165, 1.54) is 83.5 Å². The van der Waals surface area contributed by atoms with Gasteiger partial charge in [-0.15, -0.1) is 0 Å². The molecule has 0 fully saturated rings. The maximum atomic E-state index is 13.3. The summed E-state index contributed by atoms with van der Waals surface area (Å²) in [5.41, 5.74) is 0. The average molecular weight is 929 g/mol. The molecule has 11 nitrogen and oxygen atoms in total. The van der Waals surface area contributed by atoms with Gasteiger partial charge in [-0.05, 0) is 77.6 Å². The number of phosphoric acid groups is 1. The molecule has 64 heavy (non-hydrogen) atoms. The fourth-order valence-corrected chi connectivity index (χ4v) is 8.34. The van der Waals surface area contributed by atoms with Crippen molar-refractivity contribution in [3.63, 3.8) is 0 Å². The van der Waals surface area contributed by atoms with E-state index < -0.39 is 50.6 Å². The summed E-state index contributed by atoms with van der Waals surface area (Å²) in [6.45, 7) is 7.59. The van der Waals surface area contributed by atoms with Crippen LogP contribution in [0, 0.1) is 0 Å². The lowest BCUT2D eigenvalue weighted by Gasteiger charge is -2.32. The van der Waals surface area contributed by atoms with Crippen molar-refractivity contribution in [3.05, 3.63) is 24.3 Å². The van der Waals surface area contributed by atoms with Crippen LogP contribution in [0.15, 0.2) is 24.3 Å². The molecule has 0 saturated heterocycles. The van der Waals surface area contributed by atoms with Gasteiger partial charge in [0.25, 0.3) is 0 Å². The minimum absolute atomic E-state index is 0.178. The van der Waals surface area contributed by atoms with E-state index in [1.807, 2.05) is 28.1 Å². The first-order valence-electron chi connectivity index (χ1n) is 26.0. The van der Waals surface area contributed by atoms with Gasteiger partial charge in [0, 0.05) is 19.3 Å². The molecule has 0 radical (unpaired) electrons. The molecule has 0 aromatic heterocycles. The number of hydrogen-bond donors (Lipinski definition) is 1. The Labute approximate surface area is 392 Å². The lowest BCUT2D eigenvalue weighted by Crippen LogP contribution is -2.47. The average Bonchev–Trinajstić information content (AvgIpc) is 3.23. The summed E-state index contributed by atoms with van der Waals surface area (Å²) >= 11 is 0. The number of likely N-dealkylation sites (N-methyl/N-ethyl adjacent to an activating group) is 1. The van der Waals surface area contributed by atoms with Crippen molar-refractivity contribution >= 4 is 25.7 Å². The first kappa shape index (κ1) is 62.0. The van der Waals surface area contributed by atoms with E-state index >= 15 is 0 Å². The second-order valence-corrected chi connectivity index (χ2v) is 20.4. The zero-order valence-corrected chi connectivity index (χ0v) is 43.2. The van der Waals surface area contributed by atoms with Crippen molar-refractivity contribution in [1.82, 2.24) is 0 Å². The largest absolute Gasteiger partial charge is 0.472 e. The van der Waals surface area contributed by atoms with Crippen LogP contribution in [0.1, 0.15) is 233 Å². The minimum Gasteiger partial charge on any atom is -0.462 e. The zero-order valence-electron chi connectivity index (χ0n) is 42.3. The number of ether oxygens (including phenoxy) is 3. The molecule has 0 heterocycles. The van der Waals surface area contributed by atoms with Crippen molar-refractivity contribution in [2.24, 2.45) is 0 Å². The number of carbonyl (C=O) groups excluding carboxylic acids is 3. The highest BCUT2D eigenvalue weighted by atomic mass is 31.2. The van der Waals surface area contributed by atoms with E-state index in [1.54, 1.807) is 6.92 Å². The Morgan fingerprint density at radius 3 is 1.31 bits per heavy atom. The highest BCUT2D eigenvalue weighted by Gasteiger charge is 2.36. The normalized spacial score (nSPS) is 14.4. The zero-order chi connectivity index (χ0) is 47.6. The molecule has 0 amide bonds. The Hall–Kier alpha value is -2.04. The Balaban J connectivity index is 5.02. The minimum atomic E-state index is -4.74. The molecule has 0 spiro atoms. The molecule has 0 aliphatic rings. The molecule has 12 heteroatoms. The van der Waals surface area contributed by atoms with Gasteiger partial charge >= 0.3 is 25.7 Å². The van der Waals surface area contributed by atoms with Crippen LogP contribution in [0.3, 0.4) is 0 Å². The van der Waals surface area contributed by atoms with E-state index in [0.717, 1.165) is 83.5 Å². The number of nitrogens with zero attached hydrogens (tertiary/aromatic N) is 1. The fourth-order valence-electron chi connectivity index (χ4n) is 7.35. The van der Waals surface area contributed by atoms with Crippen LogP contribution in [0.25, 0.3) is 0 Å². The predicted molar refractivity (Wildman–Crippen MR) is 263 cm³/mol. The van der Waals surface area contributed by atoms with Crippen LogP contribution in [-0.2, 0) is 42.2 Å². The molecule has 0 bridgehead atoms. The molecule has 1 N–H and O–H groups in total. The molecule has 0 rings (SSSR count). The number of hydrogen-bond acceptors (Lipinski definition) is 9. The van der Waals surface area contributed by atoms with Gasteiger partial charge in [0.05, 0.1) is 27.7 Å². The molecule has 4 atom stereocenters. The molecule has 3 unspecified atom stereocenters. The maximum absolute atomic E-state index is 13.3. The summed E-state index contributed by atoms with van der Waals surface area (Å²) in [7, 11) is 0.940. The molecular weight excluding hydrogens is 830 g/mol. The number of rotatable bonds is 46. The monoisotopic (exact) mass is 929 g/mol. The molecule has 0 aliphatic heterocycles. The van der Waals surface area contributed by atoms with Gasteiger partial charge in [-0.2, -0.15) is 0 Å². The van der Waals surface area contributed by atoms with Gasteiger partial charge in [-0.3, -0.25) is 23.4 Å². The highest BCUT2D eigenvalue weighted by Crippen LogP contribution is 2.45. The first-order chi connectivity index (χ1) is 30.7. The number of phosphoric ester groups is 1. The number of quaternary nitrogens is 1. The number of esters is 3. The Kier molecular flexibility index (Phi) is 41.0. The van der Waals surface area contributed by atoms with Gasteiger partial charge in [-0.25, -0.2) is 4.57 Å². The maximum Gasteiger partial charge on any atom is 0.472 e. The molecule has 0 saturated carbocycles. The third-order valence-electron chi connectivity index (χ3n) is 11.3. The first-order valence-corrected chi connectivity index (χ1v) is 27.5. The summed E-state index contributed by atoms with van der Waals surface area (Å²) in [6, 6.07) is 0. The Morgan fingerprint density at radius 2 is 0.875 bits per heavy atom. The van der Waals surface area contributed by atoms with E-state index in [4.69, 9.17) is 23.3 Å². The molecule has 376 valence electrons. The molecule has 0 aromatic rings. The number of carbonyl (C=O) groups is 3. The van der Waals surface area contributed by atoms with Gasteiger partial charge in [0.2, 0.25) is 0 Å². The standard InChI is InChI=1S/C52H98NO10P/c1-8-11-14-16-18-20-22-24-26-28-30-32-34-36-39-41-50(54)59-45-48(62-52(56)43-40-37-35-33-31-29-27-25-23-21-19-17-15-12-9-2)46-60-64(57,58)63-49(44-53(5,6)7)47(4)61-51(55)42-38-13-10-3/h24-27,47-49H,8-23,28-46H2,1-7H3/p+1/t47?,48-,49?/m1/s1. The molecule has 0 aromatic carbocycles. The lowest BCUT2D eigenvalue weighted by molar-refractivity contribution is -0.873. The third-order valence-corrected chi connectivity index (χ3v) is 12.3. The third kappa shape index (κ3) is 42.6. The highest BCUT2D eigenvalue weighted by molar-refractivity contribution is 7.47. The summed E-state index contributed by atoms with van der Waals surface area (Å²) in [4.78, 5) is 49.0. The molecular formula is C52H99NO10P+. The van der Waals surface area contributed by atoms with E-state index in [0.29, 0.717) is 23.7 Å². The number of allylic oxidation sites excluding steroid dienone is 4. The van der Waals surface area contributed by atoms with E-state index in [-0.39, 0.29) is 32.4 Å². The van der Waals surface area contributed by atoms with Crippen molar-refractivity contribution in [2.45, 2.75) is 251 Å². The second kappa shape index (κ2) is 42.3. The van der Waals surface area contributed by atoms with Crippen LogP contribution in [0.5, 0.6) is 0 Å². The summed E-state index contributed by atoms with van der Waals surface area (Å²) in [5.74, 6) is -1.30. The van der Waals surface area contributed by atoms with Crippen LogP contribution in [0.4, 0.5) is 0 Å². The quantitative estimate of drug-likeness (QED) is 0.0157. The van der Waals surface area contributed by atoms with Crippen molar-refractivity contribution in [3.8, 4) is 0 Å². The van der Waals surface area contributed by atoms with Crippen LogP contribution in [0.2, 0.25) is 0 Å². The summed E-state index contributed by atoms with van der Waals surface area (Å²) in [5, 5.41) is 0. The van der Waals surface area contributed by atoms with Gasteiger partial charge in [0.1, 0.15) is 19.3 Å². The summed E-state index contributed by atoms with van der Waals surface area (Å²) < 4.78 is 41.5. The van der Waals surface area contributed by atoms with Gasteiger partial charge < -0.3 is 23.6 Å². The lowest BCUT2D eigenvalue weighted by atomic mass is 10.1. The Morgan fingerprint density at radius 1 is 0.516 bits per heavy atom.